The first-order valence-electron chi connectivity index (χ1n) is 6.51. The van der Waals surface area contributed by atoms with Gasteiger partial charge in [-0.1, -0.05) is 54.6 Å². The van der Waals surface area contributed by atoms with E-state index in [9.17, 15) is 0 Å². The minimum Gasteiger partial charge on any atom is -0.530 e. The van der Waals surface area contributed by atoms with E-state index >= 15 is 0 Å². The fraction of sp³-hybridized carbons (Fsp3) is 0.188. The van der Waals surface area contributed by atoms with Crippen molar-refractivity contribution in [2.45, 2.75) is 12.5 Å². The fourth-order valence-corrected chi connectivity index (χ4v) is 2.45. The van der Waals surface area contributed by atoms with Gasteiger partial charge in [-0.3, -0.25) is 0 Å². The van der Waals surface area contributed by atoms with Crippen LogP contribution in [0.3, 0.4) is 0 Å². The highest BCUT2D eigenvalue weighted by atomic mass is 16.4. The van der Waals surface area contributed by atoms with E-state index in [0.717, 1.165) is 13.0 Å². The van der Waals surface area contributed by atoms with Crippen LogP contribution < -0.4 is 16.2 Å². The van der Waals surface area contributed by atoms with Gasteiger partial charge in [0, 0.05) is 6.54 Å². The van der Waals surface area contributed by atoms with Gasteiger partial charge in [-0.15, -0.1) is 0 Å². The minimum atomic E-state index is -1.58. The van der Waals surface area contributed by atoms with Crippen LogP contribution in [0.15, 0.2) is 54.6 Å². The number of carbonyl (C=O) groups excluding carboxylic acids is 1. The molecule has 0 radical (unpaired) electrons. The topological polar surface area (TPSA) is 78.2 Å². The molecule has 1 aliphatic heterocycles. The molecule has 4 heteroatoms. The zero-order valence-electron chi connectivity index (χ0n) is 11.1. The molecule has 1 amide bonds. The predicted octanol–water partition coefficient (Wildman–Crippen LogP) is 1.21. The first-order valence-corrected chi connectivity index (χ1v) is 6.51. The lowest BCUT2D eigenvalue weighted by Gasteiger charge is -2.27. The van der Waals surface area contributed by atoms with Crippen molar-refractivity contribution < 1.29 is 9.90 Å². The molecule has 0 aromatic heterocycles. The zero-order valence-corrected chi connectivity index (χ0v) is 11.1. The molecule has 3 rings (SSSR count). The quantitative estimate of drug-likeness (QED) is 0.816. The molecule has 3 N–H and O–H groups in total. The lowest BCUT2D eigenvalue weighted by Crippen LogP contribution is -2.30. The minimum absolute atomic E-state index is 0.367. The van der Waals surface area contributed by atoms with Gasteiger partial charge in [-0.05, 0) is 23.1 Å². The third kappa shape index (κ3) is 3.59. The summed E-state index contributed by atoms with van der Waals surface area (Å²) in [5.41, 5.74) is 8.18. The molecule has 0 aliphatic carbocycles. The van der Waals surface area contributed by atoms with Crippen molar-refractivity contribution in [3.8, 4) is 0 Å². The van der Waals surface area contributed by atoms with Gasteiger partial charge in [-0.25, -0.2) is 0 Å². The summed E-state index contributed by atoms with van der Waals surface area (Å²) in [5.74, 6) is 0. The van der Waals surface area contributed by atoms with Crippen LogP contribution in [0.25, 0.3) is 0 Å². The van der Waals surface area contributed by atoms with E-state index in [0.29, 0.717) is 6.04 Å². The Morgan fingerprint density at radius 2 is 1.70 bits per heavy atom. The largest absolute Gasteiger partial charge is 0.530 e. The van der Waals surface area contributed by atoms with Crippen molar-refractivity contribution in [3.63, 3.8) is 0 Å². The Morgan fingerprint density at radius 1 is 1.10 bits per heavy atom. The third-order valence-electron chi connectivity index (χ3n) is 3.24. The highest BCUT2D eigenvalue weighted by Crippen LogP contribution is 2.27. The SMILES string of the molecule is NC(=O)[O-].c1ccc(C2NCCc3ccccc32)cc1. The summed E-state index contributed by atoms with van der Waals surface area (Å²) >= 11 is 0. The lowest BCUT2D eigenvalue weighted by atomic mass is 9.90. The van der Waals surface area contributed by atoms with E-state index in [1.165, 1.54) is 16.7 Å². The number of primary amides is 1. The molecule has 0 fully saturated rings. The number of carbonyl (C=O) groups is 1. The van der Waals surface area contributed by atoms with Crippen LogP contribution in [0.1, 0.15) is 22.7 Å². The van der Waals surface area contributed by atoms with Crippen LogP contribution in [0.4, 0.5) is 4.79 Å². The normalized spacial score (nSPS) is 16.5. The summed E-state index contributed by atoms with van der Waals surface area (Å²) in [7, 11) is 0. The number of amides is 1. The van der Waals surface area contributed by atoms with E-state index in [4.69, 9.17) is 9.90 Å². The van der Waals surface area contributed by atoms with E-state index in [2.05, 4.69) is 65.6 Å². The predicted molar refractivity (Wildman–Crippen MR) is 76.0 cm³/mol. The molecule has 104 valence electrons. The van der Waals surface area contributed by atoms with Crippen LogP contribution in [0, 0.1) is 0 Å². The van der Waals surface area contributed by atoms with Crippen molar-refractivity contribution in [2.75, 3.05) is 6.54 Å². The Hall–Kier alpha value is -2.33. The zero-order chi connectivity index (χ0) is 14.4. The van der Waals surface area contributed by atoms with Crippen LogP contribution >= 0.6 is 0 Å². The number of hydrogen-bond acceptors (Lipinski definition) is 3. The maximum atomic E-state index is 8.67. The summed E-state index contributed by atoms with van der Waals surface area (Å²) in [6.45, 7) is 1.07. The molecule has 1 unspecified atom stereocenters. The standard InChI is InChI=1S/C15H15N.CH3NO2/c1-2-7-13(8-3-1)15-14-9-5-4-6-12(14)10-11-16-15;2-1(3)4/h1-9,15-16H,10-11H2;2H2,(H,3,4)/p-1. The average Bonchev–Trinajstić information content (AvgIpc) is 2.47. The molecule has 0 saturated heterocycles. The number of nitrogens with two attached hydrogens (primary N) is 1. The Balaban J connectivity index is 0.000000328. The van der Waals surface area contributed by atoms with Gasteiger partial charge in [0.1, 0.15) is 6.09 Å². The van der Waals surface area contributed by atoms with Crippen molar-refractivity contribution in [1.82, 2.24) is 5.32 Å². The Labute approximate surface area is 118 Å². The summed E-state index contributed by atoms with van der Waals surface area (Å²) in [6, 6.07) is 19.8. The molecule has 4 nitrogen and oxygen atoms in total. The highest BCUT2D eigenvalue weighted by Gasteiger charge is 2.19. The maximum Gasteiger partial charge on any atom is 0.131 e. The second kappa shape index (κ2) is 6.73. The van der Waals surface area contributed by atoms with Crippen molar-refractivity contribution in [3.05, 3.63) is 71.3 Å². The van der Waals surface area contributed by atoms with Gasteiger partial charge in [-0.2, -0.15) is 0 Å². The number of benzene rings is 2. The number of rotatable bonds is 1. The van der Waals surface area contributed by atoms with E-state index in [-0.39, 0.29) is 0 Å². The van der Waals surface area contributed by atoms with Gasteiger partial charge in [0.15, 0.2) is 0 Å². The maximum absolute atomic E-state index is 8.67. The molecule has 2 aromatic rings. The van der Waals surface area contributed by atoms with Gasteiger partial charge in [0.05, 0.1) is 6.04 Å². The number of fused-ring (bicyclic) bond motifs is 1. The van der Waals surface area contributed by atoms with Crippen molar-refractivity contribution in [2.24, 2.45) is 5.73 Å². The van der Waals surface area contributed by atoms with Crippen molar-refractivity contribution >= 4 is 6.09 Å². The van der Waals surface area contributed by atoms with Crippen LogP contribution in [-0.2, 0) is 6.42 Å². The van der Waals surface area contributed by atoms with Gasteiger partial charge in [0.2, 0.25) is 0 Å². The summed E-state index contributed by atoms with van der Waals surface area (Å²) in [6.07, 6.45) is -0.445. The fourth-order valence-electron chi connectivity index (χ4n) is 2.45. The number of carboxylic acid groups (broad SMARTS) is 1. The lowest BCUT2D eigenvalue weighted by molar-refractivity contribution is -0.245. The van der Waals surface area contributed by atoms with Crippen molar-refractivity contribution in [1.29, 1.82) is 0 Å². The Bertz CT molecular complexity index is 566. The average molecular weight is 269 g/mol. The number of nitrogens with one attached hydrogen (secondary N) is 1. The molecule has 0 saturated carbocycles. The van der Waals surface area contributed by atoms with Gasteiger partial charge in [0.25, 0.3) is 0 Å². The molecule has 1 aliphatic rings. The molecule has 1 heterocycles. The van der Waals surface area contributed by atoms with E-state index < -0.39 is 6.09 Å². The summed E-state index contributed by atoms with van der Waals surface area (Å²) in [4.78, 5) is 8.67. The third-order valence-corrected chi connectivity index (χ3v) is 3.24. The first-order chi connectivity index (χ1) is 9.68. The van der Waals surface area contributed by atoms with Gasteiger partial charge >= 0.3 is 0 Å². The summed E-state index contributed by atoms with van der Waals surface area (Å²) < 4.78 is 0. The van der Waals surface area contributed by atoms with Crippen LogP contribution in [-0.4, -0.2) is 12.6 Å². The Kier molecular flexibility index (Phi) is 4.74. The second-order valence-electron chi connectivity index (χ2n) is 4.57. The summed E-state index contributed by atoms with van der Waals surface area (Å²) in [5, 5.41) is 12.3. The highest BCUT2D eigenvalue weighted by molar-refractivity contribution is 5.58. The van der Waals surface area contributed by atoms with E-state index in [1.54, 1.807) is 0 Å². The Morgan fingerprint density at radius 3 is 2.40 bits per heavy atom. The van der Waals surface area contributed by atoms with Crippen LogP contribution in [0.5, 0.6) is 0 Å². The molecule has 0 bridgehead atoms. The molecule has 20 heavy (non-hydrogen) atoms. The smallest absolute Gasteiger partial charge is 0.131 e. The van der Waals surface area contributed by atoms with Crippen LogP contribution in [0.2, 0.25) is 0 Å². The molecular weight excluding hydrogens is 252 g/mol. The first kappa shape index (κ1) is 14.1. The molecule has 2 aromatic carbocycles. The van der Waals surface area contributed by atoms with Gasteiger partial charge < -0.3 is 21.0 Å². The monoisotopic (exact) mass is 269 g/mol. The number of hydrogen-bond donors (Lipinski definition) is 2. The molecular formula is C16H17N2O2-. The second-order valence-corrected chi connectivity index (χ2v) is 4.57. The molecule has 0 spiro atoms. The van der Waals surface area contributed by atoms with E-state index in [1.807, 2.05) is 0 Å². The molecule has 1 atom stereocenters.